The molecule has 436 valence electrons. The Morgan fingerprint density at radius 2 is 0.635 bits per heavy atom. The van der Waals surface area contributed by atoms with Crippen LogP contribution < -0.4 is 5.32 Å². The molecule has 2 unspecified atom stereocenters. The second-order valence-corrected chi connectivity index (χ2v) is 22.8. The maximum atomic E-state index is 12.5. The molecule has 0 rings (SSSR count). The number of esters is 1. The summed E-state index contributed by atoms with van der Waals surface area (Å²) in [7, 11) is 0. The molecule has 2 atom stereocenters. The molecule has 3 N–H and O–H groups in total. The largest absolute Gasteiger partial charge is 0.466 e. The van der Waals surface area contributed by atoms with Crippen LogP contribution in [0.2, 0.25) is 0 Å². The van der Waals surface area contributed by atoms with Crippen LogP contribution in [-0.4, -0.2) is 47.4 Å². The van der Waals surface area contributed by atoms with Crippen molar-refractivity contribution in [2.24, 2.45) is 0 Å². The molecule has 0 aliphatic rings. The number of aliphatic hydroxyl groups excluding tert-OH is 2. The van der Waals surface area contributed by atoms with Crippen molar-refractivity contribution in [1.82, 2.24) is 5.32 Å². The number of aliphatic hydroxyl groups is 2. The molecule has 0 spiro atoms. The van der Waals surface area contributed by atoms with Crippen LogP contribution in [0.1, 0.15) is 361 Å². The van der Waals surface area contributed by atoms with Gasteiger partial charge in [0.25, 0.3) is 0 Å². The summed E-state index contributed by atoms with van der Waals surface area (Å²) in [6.07, 6.45) is 80.5. The molecule has 0 saturated carbocycles. The molecule has 6 nitrogen and oxygen atoms in total. The normalized spacial score (nSPS) is 12.8. The minimum atomic E-state index is -0.854. The number of unbranched alkanes of at least 4 members (excludes halogenated alkanes) is 47. The first-order valence-corrected chi connectivity index (χ1v) is 33.3. The lowest BCUT2D eigenvalue weighted by Gasteiger charge is -2.20. The van der Waals surface area contributed by atoms with Crippen LogP contribution in [-0.2, 0) is 14.3 Å². The summed E-state index contributed by atoms with van der Waals surface area (Å²) in [6.45, 7) is 4.91. The Morgan fingerprint density at radius 3 is 0.959 bits per heavy atom. The van der Waals surface area contributed by atoms with E-state index in [1.807, 2.05) is 6.08 Å². The van der Waals surface area contributed by atoms with Crippen LogP contribution in [0.5, 0.6) is 0 Å². The molecule has 74 heavy (non-hydrogen) atoms. The third kappa shape index (κ3) is 59.3. The quantitative estimate of drug-likeness (QED) is 0.0320. The molecular weight excluding hydrogens is 911 g/mol. The van der Waals surface area contributed by atoms with Gasteiger partial charge in [-0.15, -0.1) is 0 Å². The highest BCUT2D eigenvalue weighted by molar-refractivity contribution is 5.76. The zero-order chi connectivity index (χ0) is 53.6. The Kier molecular flexibility index (Phi) is 62.0. The molecule has 0 aromatic carbocycles. The Bertz CT molecular complexity index is 1200. The van der Waals surface area contributed by atoms with Crippen molar-refractivity contribution >= 4 is 11.9 Å². The predicted molar refractivity (Wildman–Crippen MR) is 324 cm³/mol. The minimum Gasteiger partial charge on any atom is -0.466 e. The van der Waals surface area contributed by atoms with Gasteiger partial charge in [-0.1, -0.05) is 301 Å². The van der Waals surface area contributed by atoms with E-state index < -0.39 is 12.1 Å². The fourth-order valence-electron chi connectivity index (χ4n) is 10.3. The van der Waals surface area contributed by atoms with E-state index in [0.717, 1.165) is 57.8 Å². The van der Waals surface area contributed by atoms with Crippen molar-refractivity contribution in [3.63, 3.8) is 0 Å². The fraction of sp³-hybridized carbons (Fsp3) is 0.882. The van der Waals surface area contributed by atoms with Gasteiger partial charge in [0.2, 0.25) is 5.91 Å². The molecule has 0 radical (unpaired) electrons. The molecule has 0 aliphatic heterocycles. The van der Waals surface area contributed by atoms with Crippen LogP contribution in [0.4, 0.5) is 0 Å². The van der Waals surface area contributed by atoms with E-state index in [2.05, 4.69) is 43.5 Å². The van der Waals surface area contributed by atoms with Gasteiger partial charge in [0.05, 0.1) is 25.4 Å². The predicted octanol–water partition coefficient (Wildman–Crippen LogP) is 21.1. The van der Waals surface area contributed by atoms with E-state index in [-0.39, 0.29) is 18.5 Å². The first-order chi connectivity index (χ1) is 36.5. The zero-order valence-corrected chi connectivity index (χ0v) is 49.8. The minimum absolute atomic E-state index is 0.00217. The van der Waals surface area contributed by atoms with Crippen LogP contribution in [0.3, 0.4) is 0 Å². The first kappa shape index (κ1) is 72.1. The Hall–Kier alpha value is -1.92. The number of amides is 1. The fourth-order valence-corrected chi connectivity index (χ4v) is 10.3. The van der Waals surface area contributed by atoms with Gasteiger partial charge in [0, 0.05) is 12.8 Å². The van der Waals surface area contributed by atoms with Crippen LogP contribution in [0.25, 0.3) is 0 Å². The Labute approximate surface area is 462 Å². The summed E-state index contributed by atoms with van der Waals surface area (Å²) < 4.78 is 5.50. The van der Waals surface area contributed by atoms with E-state index >= 15 is 0 Å². The van der Waals surface area contributed by atoms with Crippen molar-refractivity contribution in [3.8, 4) is 0 Å². The molecule has 0 bridgehead atoms. The lowest BCUT2D eigenvalue weighted by Crippen LogP contribution is -2.45. The highest BCUT2D eigenvalue weighted by Gasteiger charge is 2.18. The van der Waals surface area contributed by atoms with Crippen molar-refractivity contribution in [3.05, 3.63) is 36.5 Å². The SMILES string of the molecule is CCCCCCCC/C=C\CCCCCCCCCCCC(=O)OCCCCCCCCCCC/C=C\CCCCCCCC(=O)NC(CO)C(O)/C=C/CCCCCCCCCCCCCCCCCCCC. The molecule has 0 aromatic rings. The molecule has 1 amide bonds. The number of nitrogens with one attached hydrogen (secondary N) is 1. The third-order valence-corrected chi connectivity index (χ3v) is 15.4. The summed E-state index contributed by atoms with van der Waals surface area (Å²) in [4.78, 5) is 24.6. The van der Waals surface area contributed by atoms with Gasteiger partial charge in [0.1, 0.15) is 0 Å². The van der Waals surface area contributed by atoms with Crippen LogP contribution in [0.15, 0.2) is 36.5 Å². The Balaban J connectivity index is 3.46. The van der Waals surface area contributed by atoms with Gasteiger partial charge in [-0.25, -0.2) is 0 Å². The van der Waals surface area contributed by atoms with Gasteiger partial charge in [0.15, 0.2) is 0 Å². The monoisotopic (exact) mass is 1040 g/mol. The smallest absolute Gasteiger partial charge is 0.305 e. The van der Waals surface area contributed by atoms with E-state index in [4.69, 9.17) is 4.74 Å². The Morgan fingerprint density at radius 1 is 0.365 bits per heavy atom. The van der Waals surface area contributed by atoms with E-state index in [1.54, 1.807) is 6.08 Å². The number of ether oxygens (including phenoxy) is 1. The number of hydrogen-bond donors (Lipinski definition) is 3. The topological polar surface area (TPSA) is 95.9 Å². The van der Waals surface area contributed by atoms with Crippen molar-refractivity contribution < 1.29 is 24.5 Å². The van der Waals surface area contributed by atoms with Gasteiger partial charge >= 0.3 is 5.97 Å². The highest BCUT2D eigenvalue weighted by atomic mass is 16.5. The zero-order valence-electron chi connectivity index (χ0n) is 49.8. The van der Waals surface area contributed by atoms with E-state index in [0.29, 0.717) is 19.4 Å². The van der Waals surface area contributed by atoms with Crippen LogP contribution in [0, 0.1) is 0 Å². The second kappa shape index (κ2) is 63.6. The molecule has 6 heteroatoms. The number of rotatable bonds is 62. The van der Waals surface area contributed by atoms with E-state index in [1.165, 1.54) is 276 Å². The molecule has 0 aromatic heterocycles. The van der Waals surface area contributed by atoms with Crippen LogP contribution >= 0.6 is 0 Å². The average molecular weight is 1040 g/mol. The maximum Gasteiger partial charge on any atom is 0.305 e. The number of carbonyl (C=O) groups is 2. The van der Waals surface area contributed by atoms with Crippen molar-refractivity contribution in [1.29, 1.82) is 0 Å². The molecule has 0 saturated heterocycles. The van der Waals surface area contributed by atoms with Gasteiger partial charge in [-0.2, -0.15) is 0 Å². The number of hydrogen-bond acceptors (Lipinski definition) is 5. The average Bonchev–Trinajstić information content (AvgIpc) is 3.40. The van der Waals surface area contributed by atoms with E-state index in [9.17, 15) is 19.8 Å². The molecular formula is C68H129NO5. The standard InChI is InChI=1S/C68H129NO5/c1-3-5-7-9-11-13-15-17-19-21-23-25-28-32-36-40-44-48-52-56-60-66(71)65(64-70)69-67(72)61-57-53-49-45-41-37-33-29-26-27-31-35-39-43-47-51-55-59-63-74-68(73)62-58-54-50-46-42-38-34-30-24-22-20-18-16-14-12-10-8-6-4-2/h18,20,29,33,56,60,65-66,70-71H,3-17,19,21-28,30-32,34-55,57-59,61-64H2,1-2H3,(H,69,72)/b20-18-,33-29-,60-56+. The van der Waals surface area contributed by atoms with Crippen molar-refractivity contribution in [2.75, 3.05) is 13.2 Å². The summed E-state index contributed by atoms with van der Waals surface area (Å²) in [5, 5.41) is 23.2. The maximum absolute atomic E-state index is 12.5. The number of carbonyl (C=O) groups excluding carboxylic acids is 2. The summed E-state index contributed by atoms with van der Waals surface area (Å²) in [5.41, 5.74) is 0. The summed E-state index contributed by atoms with van der Waals surface area (Å²) in [6, 6.07) is -0.639. The molecule has 0 aliphatic carbocycles. The van der Waals surface area contributed by atoms with Gasteiger partial charge in [-0.05, 0) is 83.5 Å². The first-order valence-electron chi connectivity index (χ1n) is 33.3. The summed E-state index contributed by atoms with van der Waals surface area (Å²) in [5.74, 6) is -0.0774. The van der Waals surface area contributed by atoms with Gasteiger partial charge < -0.3 is 20.3 Å². The molecule has 0 heterocycles. The second-order valence-electron chi connectivity index (χ2n) is 22.8. The lowest BCUT2D eigenvalue weighted by atomic mass is 10.0. The number of allylic oxidation sites excluding steroid dienone is 5. The third-order valence-electron chi connectivity index (χ3n) is 15.4. The molecule has 0 fully saturated rings. The lowest BCUT2D eigenvalue weighted by molar-refractivity contribution is -0.143. The van der Waals surface area contributed by atoms with Crippen molar-refractivity contribution in [2.45, 2.75) is 373 Å². The van der Waals surface area contributed by atoms with Gasteiger partial charge in [-0.3, -0.25) is 9.59 Å². The summed E-state index contributed by atoms with van der Waals surface area (Å²) >= 11 is 0. The highest BCUT2D eigenvalue weighted by Crippen LogP contribution is 2.17.